The van der Waals surface area contributed by atoms with E-state index >= 15 is 0 Å². The van der Waals surface area contributed by atoms with E-state index in [2.05, 4.69) is 16.1 Å². The molecule has 2 rings (SSSR count). The first-order chi connectivity index (χ1) is 23.6. The molecule has 24 nitrogen and oxygen atoms in total. The number of nitrogens with one attached hydrogen (secondary N) is 3. The number of hydrogen-bond acceptors (Lipinski definition) is 19. The standard InChI is InChI=1S/C26H47N7O17/c27-14(36)5-32(6-15(28)37)7-18(40)31-33(8-16(38)29-1-3-47-25-23(45)21(43)19(41)12(10-34)49-25)9-17(39)30-2-4-48-26-24(46)22(44)20(42)13(11-35)50-26/h12-13,19-26,34-35,41-46H,1-11H2,(H2,27,36)(H2,28,37)(H,29,38)(H,30,39)(H,31,40)/t12-,13-,19-,20-,21+,22+,23+,24+,25+,26+/m1/s1. The number of ether oxygens (including phenoxy) is 4. The van der Waals surface area contributed by atoms with Gasteiger partial charge in [-0.2, -0.15) is 0 Å². The summed E-state index contributed by atoms with van der Waals surface area (Å²) in [6, 6.07) is 0. The second-order valence-corrected chi connectivity index (χ2v) is 11.3. The first-order valence-corrected chi connectivity index (χ1v) is 15.3. The van der Waals surface area contributed by atoms with Gasteiger partial charge in [0.15, 0.2) is 12.6 Å². The van der Waals surface area contributed by atoms with Crippen molar-refractivity contribution in [3.8, 4) is 0 Å². The van der Waals surface area contributed by atoms with Crippen LogP contribution in [0.4, 0.5) is 0 Å². The number of carbonyl (C=O) groups excluding carboxylic acids is 5. The lowest BCUT2D eigenvalue weighted by atomic mass is 9.99. The summed E-state index contributed by atoms with van der Waals surface area (Å²) >= 11 is 0. The molecule has 2 heterocycles. The average molecular weight is 730 g/mol. The zero-order valence-electron chi connectivity index (χ0n) is 26.9. The van der Waals surface area contributed by atoms with E-state index in [1.807, 2.05) is 0 Å². The zero-order chi connectivity index (χ0) is 37.5. The summed E-state index contributed by atoms with van der Waals surface area (Å²) < 4.78 is 21.0. The number of primary amides is 2. The maximum absolute atomic E-state index is 12.7. The average Bonchev–Trinajstić information content (AvgIpc) is 3.03. The minimum absolute atomic E-state index is 0.206. The van der Waals surface area contributed by atoms with Crippen molar-refractivity contribution in [1.82, 2.24) is 26.0 Å². The second-order valence-electron chi connectivity index (χ2n) is 11.3. The van der Waals surface area contributed by atoms with Crippen molar-refractivity contribution in [2.45, 2.75) is 61.4 Å². The fraction of sp³-hybridized carbons (Fsp3) is 0.808. The van der Waals surface area contributed by atoms with Gasteiger partial charge in [-0.25, -0.2) is 5.01 Å². The Morgan fingerprint density at radius 2 is 0.980 bits per heavy atom. The minimum Gasteiger partial charge on any atom is -0.394 e. The molecule has 0 aliphatic carbocycles. The van der Waals surface area contributed by atoms with Crippen molar-refractivity contribution >= 4 is 29.5 Å². The van der Waals surface area contributed by atoms with Gasteiger partial charge in [-0.15, -0.1) is 0 Å². The molecular weight excluding hydrogens is 682 g/mol. The smallest absolute Gasteiger partial charge is 0.248 e. The van der Waals surface area contributed by atoms with Crippen LogP contribution >= 0.6 is 0 Å². The molecule has 15 N–H and O–H groups in total. The van der Waals surface area contributed by atoms with Crippen LogP contribution in [0.5, 0.6) is 0 Å². The van der Waals surface area contributed by atoms with Crippen molar-refractivity contribution in [1.29, 1.82) is 0 Å². The summed E-state index contributed by atoms with van der Waals surface area (Å²) in [7, 11) is 0. The van der Waals surface area contributed by atoms with E-state index in [1.54, 1.807) is 0 Å². The van der Waals surface area contributed by atoms with Crippen molar-refractivity contribution in [3.63, 3.8) is 0 Å². The van der Waals surface area contributed by atoms with Crippen molar-refractivity contribution in [3.05, 3.63) is 0 Å². The number of aliphatic hydroxyl groups is 8. The molecule has 0 aromatic carbocycles. The van der Waals surface area contributed by atoms with Crippen LogP contribution in [-0.2, 0) is 42.9 Å². The molecule has 0 aromatic heterocycles. The van der Waals surface area contributed by atoms with Crippen LogP contribution in [0.1, 0.15) is 0 Å². The molecule has 0 saturated carbocycles. The summed E-state index contributed by atoms with van der Waals surface area (Å²) in [4.78, 5) is 61.8. The van der Waals surface area contributed by atoms with E-state index in [0.717, 1.165) is 9.91 Å². The highest BCUT2D eigenvalue weighted by molar-refractivity contribution is 5.84. The highest BCUT2D eigenvalue weighted by Crippen LogP contribution is 2.22. The molecule has 5 amide bonds. The van der Waals surface area contributed by atoms with Gasteiger partial charge < -0.3 is 81.9 Å². The lowest BCUT2D eigenvalue weighted by molar-refractivity contribution is -0.300. The van der Waals surface area contributed by atoms with Crippen molar-refractivity contribution < 1.29 is 83.8 Å². The summed E-state index contributed by atoms with van der Waals surface area (Å²) in [5.41, 5.74) is 12.6. The third kappa shape index (κ3) is 13.8. The van der Waals surface area contributed by atoms with Crippen molar-refractivity contribution in [2.24, 2.45) is 11.5 Å². The van der Waals surface area contributed by atoms with Gasteiger partial charge in [0, 0.05) is 13.1 Å². The minimum atomic E-state index is -1.68. The maximum Gasteiger partial charge on any atom is 0.248 e. The van der Waals surface area contributed by atoms with Gasteiger partial charge in [0.25, 0.3) is 0 Å². The molecule has 2 aliphatic heterocycles. The van der Waals surface area contributed by atoms with Crippen molar-refractivity contribution in [2.75, 3.05) is 72.2 Å². The molecule has 2 saturated heterocycles. The summed E-state index contributed by atoms with van der Waals surface area (Å²) in [6.07, 6.45) is -15.2. The van der Waals surface area contributed by atoms with Gasteiger partial charge in [0.2, 0.25) is 29.5 Å². The van der Waals surface area contributed by atoms with E-state index in [9.17, 15) is 64.8 Å². The first kappa shape index (κ1) is 43.0. The molecule has 0 unspecified atom stereocenters. The summed E-state index contributed by atoms with van der Waals surface area (Å²) in [5.74, 6) is -4.12. The number of nitrogens with zero attached hydrogens (tertiary/aromatic N) is 2. The van der Waals surface area contributed by atoms with Crippen LogP contribution < -0.4 is 27.5 Å². The molecule has 2 aliphatic rings. The number of amides is 5. The highest BCUT2D eigenvalue weighted by Gasteiger charge is 2.45. The lowest BCUT2D eigenvalue weighted by Crippen LogP contribution is -2.59. The molecule has 0 radical (unpaired) electrons. The van der Waals surface area contributed by atoms with Gasteiger partial charge in [-0.3, -0.25) is 34.3 Å². The monoisotopic (exact) mass is 729 g/mol. The van der Waals surface area contributed by atoms with Gasteiger partial charge in [0.1, 0.15) is 48.8 Å². The first-order valence-electron chi connectivity index (χ1n) is 15.3. The number of nitrogens with two attached hydrogens (primary N) is 2. The third-order valence-electron chi connectivity index (χ3n) is 7.19. The van der Waals surface area contributed by atoms with E-state index in [0.29, 0.717) is 0 Å². The van der Waals surface area contributed by atoms with Gasteiger partial charge in [-0.1, -0.05) is 0 Å². The molecule has 0 bridgehead atoms. The Bertz CT molecular complexity index is 1050. The summed E-state index contributed by atoms with van der Waals surface area (Å²) in [6.45, 7) is -5.22. The molecule has 0 aromatic rings. The lowest BCUT2D eigenvalue weighted by Gasteiger charge is -2.39. The fourth-order valence-electron chi connectivity index (χ4n) is 4.76. The normalized spacial score (nSPS) is 29.8. The Morgan fingerprint density at radius 3 is 1.34 bits per heavy atom. The Balaban J connectivity index is 1.94. The van der Waals surface area contributed by atoms with E-state index in [1.165, 1.54) is 0 Å². The Hall–Kier alpha value is -3.21. The van der Waals surface area contributed by atoms with E-state index < -0.39 is 137 Å². The number of aliphatic hydroxyl groups excluding tert-OH is 8. The molecule has 24 heteroatoms. The predicted octanol–water partition coefficient (Wildman–Crippen LogP) is -10.5. The van der Waals surface area contributed by atoms with E-state index in [4.69, 9.17) is 30.4 Å². The number of rotatable bonds is 21. The number of hydrazine groups is 1. The van der Waals surface area contributed by atoms with Gasteiger partial charge in [-0.05, 0) is 0 Å². The quantitative estimate of drug-likeness (QED) is 0.0385. The SMILES string of the molecule is NC(=O)CN(CC(N)=O)CC(=O)NN(CC(=O)NCCO[C@H]1O[C@H](CO)[C@@H](O)[C@H](O)[C@@H]1O)CC(=O)NCCO[C@H]1O[C@H](CO)[C@@H](O)[C@H](O)[C@@H]1O. The molecular formula is C26H47N7O17. The highest BCUT2D eigenvalue weighted by atomic mass is 16.7. The zero-order valence-corrected chi connectivity index (χ0v) is 26.9. The molecule has 2 fully saturated rings. The maximum atomic E-state index is 12.7. The second kappa shape index (κ2) is 21.2. The number of hydrogen-bond donors (Lipinski definition) is 13. The molecule has 0 spiro atoms. The van der Waals surface area contributed by atoms with Crippen LogP contribution in [0.15, 0.2) is 0 Å². The van der Waals surface area contributed by atoms with Gasteiger partial charge >= 0.3 is 0 Å². The largest absolute Gasteiger partial charge is 0.394 e. The molecule has 10 atom stereocenters. The Labute approximate surface area is 284 Å². The molecule has 50 heavy (non-hydrogen) atoms. The van der Waals surface area contributed by atoms with Crippen LogP contribution in [-0.4, -0.2) is 214 Å². The van der Waals surface area contributed by atoms with Gasteiger partial charge in [0.05, 0.1) is 59.2 Å². The third-order valence-corrected chi connectivity index (χ3v) is 7.19. The van der Waals surface area contributed by atoms with Crippen LogP contribution in [0.25, 0.3) is 0 Å². The predicted molar refractivity (Wildman–Crippen MR) is 160 cm³/mol. The van der Waals surface area contributed by atoms with Crippen LogP contribution in [0.3, 0.4) is 0 Å². The van der Waals surface area contributed by atoms with Crippen LogP contribution in [0.2, 0.25) is 0 Å². The number of carbonyl (C=O) groups is 5. The fourth-order valence-corrected chi connectivity index (χ4v) is 4.76. The summed E-state index contributed by atoms with van der Waals surface area (Å²) in [5, 5.41) is 83.8. The Morgan fingerprint density at radius 1 is 0.580 bits per heavy atom. The topological polar surface area (TPSA) is 379 Å². The molecule has 288 valence electrons. The Kier molecular flexibility index (Phi) is 18.2. The van der Waals surface area contributed by atoms with Crippen LogP contribution in [0, 0.1) is 0 Å². The van der Waals surface area contributed by atoms with E-state index in [-0.39, 0.29) is 26.3 Å².